The van der Waals surface area contributed by atoms with Crippen molar-refractivity contribution in [1.29, 1.82) is 0 Å². The first-order valence-corrected chi connectivity index (χ1v) is 12.3. The Morgan fingerprint density at radius 3 is 2.58 bits per heavy atom. The first kappa shape index (κ1) is 23.1. The number of hydrogen-bond donors (Lipinski definition) is 1. The maximum atomic E-state index is 13.7. The third-order valence-corrected chi connectivity index (χ3v) is 5.93. The van der Waals surface area contributed by atoms with Gasteiger partial charge < -0.3 is 0 Å². The quantitative estimate of drug-likeness (QED) is 0.350. The van der Waals surface area contributed by atoms with Gasteiger partial charge in [-0.1, -0.05) is 30.4 Å². The molecule has 0 aromatic heterocycles. The van der Waals surface area contributed by atoms with Gasteiger partial charge in [-0.2, -0.15) is 0 Å². The van der Waals surface area contributed by atoms with E-state index in [4.69, 9.17) is 9.98 Å². The topological polar surface area (TPSA) is 49.1 Å². The predicted octanol–water partition coefficient (Wildman–Crippen LogP) is 6.07. The number of aryl methyl sites for hydroxylation is 1. The van der Waals surface area contributed by atoms with Crippen molar-refractivity contribution >= 4 is 17.5 Å². The van der Waals surface area contributed by atoms with E-state index in [1.54, 1.807) is 24.4 Å². The van der Waals surface area contributed by atoms with E-state index in [0.717, 1.165) is 55.0 Å². The fourth-order valence-electron chi connectivity index (χ4n) is 3.71. The van der Waals surface area contributed by atoms with Gasteiger partial charge in [0.05, 0.1) is 0 Å². The minimum Gasteiger partial charge on any atom is -0.0569 e. The van der Waals surface area contributed by atoms with Crippen LogP contribution >= 0.6 is 0 Å². The van der Waals surface area contributed by atoms with Crippen LogP contribution in [0.15, 0.2) is 104 Å². The maximum absolute atomic E-state index is 13.7. The second-order valence-corrected chi connectivity index (χ2v) is 8.57. The molecule has 1 N–H and O–H groups in total. The molecule has 0 unspecified atom stereocenters. The summed E-state index contributed by atoms with van der Waals surface area (Å²) in [6.45, 7) is 0.718. The second-order valence-electron chi connectivity index (χ2n) is 7.81. The Bertz CT molecular complexity index is 1190. The molecule has 0 amide bonds. The van der Waals surface area contributed by atoms with E-state index < -0.39 is 0 Å². The van der Waals surface area contributed by atoms with Crippen molar-refractivity contribution in [2.75, 3.05) is 6.54 Å². The molecule has 6 heteroatoms. The van der Waals surface area contributed by atoms with E-state index in [1.165, 1.54) is 36.8 Å². The zero-order valence-corrected chi connectivity index (χ0v) is 21.2. The third-order valence-electron chi connectivity index (χ3n) is 5.50. The third kappa shape index (κ3) is 6.72. The molecule has 0 aliphatic carbocycles. The fourth-order valence-corrected chi connectivity index (χ4v) is 3.93. The Kier molecular flexibility index (Phi) is 8.21. The molecule has 33 heavy (non-hydrogen) atoms. The van der Waals surface area contributed by atoms with Gasteiger partial charge in [0, 0.05) is 23.4 Å². The molecule has 4 nitrogen and oxygen atoms in total. The summed E-state index contributed by atoms with van der Waals surface area (Å²) in [7, 11) is 0. The van der Waals surface area contributed by atoms with Crippen LogP contribution in [0.25, 0.3) is 6.08 Å². The Labute approximate surface area is 205 Å². The van der Waals surface area contributed by atoms with E-state index in [2.05, 4.69) is 45.2 Å². The predicted molar refractivity (Wildman–Crippen MR) is 129 cm³/mol. The molecule has 166 valence electrons. The van der Waals surface area contributed by atoms with Crippen LogP contribution in [0, 0.1) is 5.82 Å². The molecule has 2 aliphatic rings. The van der Waals surface area contributed by atoms with Crippen LogP contribution in [-0.4, -0.2) is 18.0 Å². The van der Waals surface area contributed by atoms with Crippen LogP contribution in [0.2, 0.25) is 0 Å². The SMILES string of the molecule is Fc1ccccc1/C=C/C1=NC(CCc2ccc(C3=NC(CN/C=C\[N]=[W])=CC3)cc2)=CC1. The van der Waals surface area contributed by atoms with Crippen molar-refractivity contribution in [3.8, 4) is 0 Å². The smallest absolute Gasteiger partial charge is 0.00980 e. The fraction of sp³-hybridized carbons (Fsp3) is 0.185. The molecule has 2 aromatic carbocycles. The van der Waals surface area contributed by atoms with Gasteiger partial charge in [0.2, 0.25) is 0 Å². The second kappa shape index (κ2) is 11.7. The molecule has 0 bridgehead atoms. The number of hydrogen-bond acceptors (Lipinski definition) is 4. The van der Waals surface area contributed by atoms with Crippen molar-refractivity contribution in [3.05, 3.63) is 113 Å². The minimum absolute atomic E-state index is 0.211. The normalized spacial score (nSPS) is 15.5. The standard InChI is InChI=1S/C27H25FN4.W/c28-26-4-2-1-3-21(26)10-12-24-14-13-23(31-24)11-7-20-5-8-22(9-6-20)27-16-15-25(32-27)19-30-18-17-29;/h1-6,8-10,12-13,15,17-18,30H,7,11,14,16,19H2;/b12-10+,18-17-;. The largest absolute Gasteiger partial charge is 0.0569 e. The average molecular weight is 608 g/mol. The summed E-state index contributed by atoms with van der Waals surface area (Å²) in [5, 5.41) is 3.20. The van der Waals surface area contributed by atoms with E-state index in [9.17, 15) is 4.39 Å². The first-order chi connectivity index (χ1) is 16.2. The summed E-state index contributed by atoms with van der Waals surface area (Å²) in [5.41, 5.74) is 7.29. The van der Waals surface area contributed by atoms with Crippen molar-refractivity contribution in [2.45, 2.75) is 25.7 Å². The van der Waals surface area contributed by atoms with Gasteiger partial charge in [-0.15, -0.1) is 0 Å². The monoisotopic (exact) mass is 608 g/mol. The molecule has 0 atom stereocenters. The van der Waals surface area contributed by atoms with Crippen molar-refractivity contribution in [3.63, 3.8) is 0 Å². The maximum Gasteiger partial charge on any atom is 0.00980 e. The van der Waals surface area contributed by atoms with Crippen LogP contribution in [0.1, 0.15) is 36.0 Å². The Hall–Kier alpha value is -3.04. The van der Waals surface area contributed by atoms with Crippen molar-refractivity contribution < 1.29 is 24.0 Å². The Balaban J connectivity index is 1.27. The van der Waals surface area contributed by atoms with Crippen LogP contribution in [0.5, 0.6) is 0 Å². The summed E-state index contributed by atoms with van der Waals surface area (Å²) in [4.78, 5) is 9.45. The van der Waals surface area contributed by atoms with Crippen LogP contribution in [0.4, 0.5) is 4.39 Å². The summed E-state index contributed by atoms with van der Waals surface area (Å²) in [5.74, 6) is -0.211. The number of allylic oxidation sites excluding steroid dienone is 4. The van der Waals surface area contributed by atoms with Crippen molar-refractivity contribution in [1.82, 2.24) is 5.32 Å². The first-order valence-electron chi connectivity index (χ1n) is 11.0. The summed E-state index contributed by atoms with van der Waals surface area (Å²) in [6.07, 6.45) is 15.2. The summed E-state index contributed by atoms with van der Waals surface area (Å²) >= 11 is 1.19. The van der Waals surface area contributed by atoms with Crippen LogP contribution in [0.3, 0.4) is 0 Å². The molecule has 2 heterocycles. The zero-order valence-electron chi connectivity index (χ0n) is 18.2. The molecule has 0 fully saturated rings. The zero-order chi connectivity index (χ0) is 22.9. The molecule has 0 saturated heterocycles. The summed E-state index contributed by atoms with van der Waals surface area (Å²) in [6, 6.07) is 15.5. The van der Waals surface area contributed by atoms with Crippen molar-refractivity contribution in [2.24, 2.45) is 13.5 Å². The number of nitrogens with one attached hydrogen (secondary N) is 1. The molecule has 2 aromatic rings. The van der Waals surface area contributed by atoms with Gasteiger partial charge in [0.15, 0.2) is 0 Å². The molecular formula is C27H25FN4W. The van der Waals surface area contributed by atoms with Gasteiger partial charge in [-0.25, -0.2) is 4.39 Å². The molecule has 0 radical (unpaired) electrons. The van der Waals surface area contributed by atoms with Gasteiger partial charge >= 0.3 is 112 Å². The molecule has 0 saturated carbocycles. The Morgan fingerprint density at radius 1 is 0.939 bits per heavy atom. The number of rotatable bonds is 10. The molecule has 4 rings (SSSR count). The number of nitrogens with zero attached hydrogens (tertiary/aromatic N) is 3. The van der Waals surface area contributed by atoms with Gasteiger partial charge in [0.25, 0.3) is 0 Å². The van der Waals surface area contributed by atoms with E-state index in [1.807, 2.05) is 18.3 Å². The molecular weight excluding hydrogens is 583 g/mol. The van der Waals surface area contributed by atoms with Gasteiger partial charge in [0.1, 0.15) is 5.82 Å². The number of aliphatic imine (C=N–C) groups is 2. The van der Waals surface area contributed by atoms with Crippen LogP contribution < -0.4 is 5.32 Å². The molecule has 0 spiro atoms. The van der Waals surface area contributed by atoms with E-state index in [-0.39, 0.29) is 5.82 Å². The van der Waals surface area contributed by atoms with E-state index >= 15 is 0 Å². The van der Waals surface area contributed by atoms with Gasteiger partial charge in [-0.3, -0.25) is 4.99 Å². The number of halogens is 1. The van der Waals surface area contributed by atoms with E-state index in [0.29, 0.717) is 5.56 Å². The van der Waals surface area contributed by atoms with Crippen LogP contribution in [-0.2, 0) is 26.1 Å². The minimum atomic E-state index is -0.211. The summed E-state index contributed by atoms with van der Waals surface area (Å²) < 4.78 is 17.7. The average Bonchev–Trinajstić information content (AvgIpc) is 3.50. The Morgan fingerprint density at radius 2 is 1.76 bits per heavy atom. The molecule has 2 aliphatic heterocycles. The van der Waals surface area contributed by atoms with Gasteiger partial charge in [-0.05, 0) is 25.0 Å². The number of benzene rings is 2.